The minimum atomic E-state index is -0.574. The van der Waals surface area contributed by atoms with Gasteiger partial charge in [0.25, 0.3) is 11.6 Å². The molecule has 152 valence electrons. The van der Waals surface area contributed by atoms with Crippen LogP contribution in [-0.2, 0) is 9.53 Å². The molecule has 0 aromatic heterocycles. The molecule has 10 heteroatoms. The summed E-state index contributed by atoms with van der Waals surface area (Å²) in [7, 11) is 0. The van der Waals surface area contributed by atoms with E-state index in [0.717, 1.165) is 19.6 Å². The van der Waals surface area contributed by atoms with E-state index >= 15 is 0 Å². The third-order valence-electron chi connectivity index (χ3n) is 4.29. The first kappa shape index (κ1) is 21.5. The number of morpholine rings is 1. The van der Waals surface area contributed by atoms with Crippen molar-refractivity contribution in [1.29, 1.82) is 0 Å². The highest BCUT2D eigenvalue weighted by Gasteiger charge is 2.15. The highest BCUT2D eigenvalue weighted by molar-refractivity contribution is 6.01. The van der Waals surface area contributed by atoms with Crippen LogP contribution in [0.2, 0.25) is 0 Å². The number of benzene rings is 1. The summed E-state index contributed by atoms with van der Waals surface area (Å²) in [6.07, 6.45) is 0.0530. The number of rotatable bonds is 8. The molecule has 0 aliphatic carbocycles. The summed E-state index contributed by atoms with van der Waals surface area (Å²) in [5.74, 6) is -0.759. The Hall–Kier alpha value is -2.85. The quantitative estimate of drug-likeness (QED) is 0.384. The van der Waals surface area contributed by atoms with Crippen LogP contribution in [0.3, 0.4) is 0 Å². The number of hydrogen-bond acceptors (Lipinski definition) is 7. The van der Waals surface area contributed by atoms with E-state index in [1.807, 2.05) is 0 Å². The molecule has 0 spiro atoms. The van der Waals surface area contributed by atoms with Crippen LogP contribution in [-0.4, -0.2) is 66.7 Å². The molecule has 1 aliphatic heterocycles. The zero-order chi connectivity index (χ0) is 20.5. The molecule has 0 radical (unpaired) electrons. The Kier molecular flexibility index (Phi) is 8.02. The number of nitro groups is 1. The van der Waals surface area contributed by atoms with Gasteiger partial charge in [-0.3, -0.25) is 24.6 Å². The molecule has 0 atom stereocenters. The summed E-state index contributed by atoms with van der Waals surface area (Å²) >= 11 is 0. The van der Waals surface area contributed by atoms with Crippen LogP contribution < -0.4 is 10.7 Å². The molecule has 2 N–H and O–H groups in total. The topological polar surface area (TPSA) is 126 Å². The molecule has 10 nitrogen and oxygen atoms in total. The van der Waals surface area contributed by atoms with Gasteiger partial charge in [-0.2, -0.15) is 5.10 Å². The number of nitro benzene ring substituents is 1. The van der Waals surface area contributed by atoms with Crippen LogP contribution in [0.5, 0.6) is 0 Å². The number of hydrazone groups is 1. The highest BCUT2D eigenvalue weighted by Crippen LogP contribution is 2.19. The lowest BCUT2D eigenvalue weighted by molar-refractivity contribution is -0.385. The Balaban J connectivity index is 1.78. The Morgan fingerprint density at radius 3 is 2.71 bits per heavy atom. The number of nitrogens with zero attached hydrogens (tertiary/aromatic N) is 3. The maximum Gasteiger partial charge on any atom is 0.273 e. The molecule has 2 rings (SSSR count). The van der Waals surface area contributed by atoms with Gasteiger partial charge >= 0.3 is 0 Å². The average Bonchev–Trinajstić information content (AvgIpc) is 2.67. The first-order chi connectivity index (χ1) is 13.4. The van der Waals surface area contributed by atoms with Gasteiger partial charge < -0.3 is 10.1 Å². The van der Waals surface area contributed by atoms with E-state index in [1.165, 1.54) is 18.2 Å². The first-order valence-corrected chi connectivity index (χ1v) is 9.02. The lowest BCUT2D eigenvalue weighted by Crippen LogP contribution is -2.41. The number of hydrogen-bond donors (Lipinski definition) is 2. The van der Waals surface area contributed by atoms with Crippen molar-refractivity contribution in [3.05, 3.63) is 39.4 Å². The molecular formula is C18H25N5O5. The summed E-state index contributed by atoms with van der Waals surface area (Å²) in [4.78, 5) is 36.7. The maximum atomic E-state index is 12.1. The number of ether oxygens (including phenoxy) is 1. The Morgan fingerprint density at radius 2 is 2.04 bits per heavy atom. The minimum absolute atomic E-state index is 0.0530. The molecule has 1 aliphatic rings. The number of carbonyl (C=O) groups is 2. The molecule has 1 heterocycles. The average molecular weight is 391 g/mol. The van der Waals surface area contributed by atoms with Gasteiger partial charge in [-0.15, -0.1) is 0 Å². The Morgan fingerprint density at radius 1 is 1.32 bits per heavy atom. The lowest BCUT2D eigenvalue weighted by atomic mass is 10.1. The third-order valence-corrected chi connectivity index (χ3v) is 4.29. The van der Waals surface area contributed by atoms with E-state index in [-0.39, 0.29) is 23.6 Å². The normalized spacial score (nSPS) is 15.1. The van der Waals surface area contributed by atoms with Crippen LogP contribution in [0.25, 0.3) is 0 Å². The van der Waals surface area contributed by atoms with E-state index in [9.17, 15) is 19.7 Å². The zero-order valence-electron chi connectivity index (χ0n) is 16.1. The summed E-state index contributed by atoms with van der Waals surface area (Å²) in [6, 6.07) is 4.19. The highest BCUT2D eigenvalue weighted by atomic mass is 16.6. The van der Waals surface area contributed by atoms with Crippen LogP contribution in [0.1, 0.15) is 29.3 Å². The predicted molar refractivity (Wildman–Crippen MR) is 103 cm³/mol. The second kappa shape index (κ2) is 10.5. The SMILES string of the molecule is C/C(CC(=O)NCCN1CCOCC1)=N\NC(=O)c1ccc(C)c([N+](=O)[O-])c1. The molecule has 1 aromatic rings. The number of carbonyl (C=O) groups excluding carboxylic acids is 2. The Bertz CT molecular complexity index is 759. The van der Waals surface area contributed by atoms with Crippen molar-refractivity contribution in [3.8, 4) is 0 Å². The standard InChI is InChI=1S/C18H25N5O5/c1-13-3-4-15(12-16(13)23(26)27)18(25)21-20-14(2)11-17(24)19-5-6-22-7-9-28-10-8-22/h3-4,12H,5-11H2,1-2H3,(H,19,24)(H,21,25)/b20-14+. The number of nitrogens with one attached hydrogen (secondary N) is 2. The largest absolute Gasteiger partial charge is 0.379 e. The molecule has 0 unspecified atom stereocenters. The van der Waals surface area contributed by atoms with Crippen molar-refractivity contribution < 1.29 is 19.2 Å². The predicted octanol–water partition coefficient (Wildman–Crippen LogP) is 0.847. The van der Waals surface area contributed by atoms with Crippen LogP contribution in [0.15, 0.2) is 23.3 Å². The van der Waals surface area contributed by atoms with Gasteiger partial charge in [-0.05, 0) is 19.9 Å². The van der Waals surface area contributed by atoms with Gasteiger partial charge in [-0.1, -0.05) is 6.07 Å². The smallest absolute Gasteiger partial charge is 0.273 e. The fourth-order valence-electron chi connectivity index (χ4n) is 2.67. The molecule has 28 heavy (non-hydrogen) atoms. The first-order valence-electron chi connectivity index (χ1n) is 9.02. The second-order valence-corrected chi connectivity index (χ2v) is 6.53. The second-order valence-electron chi connectivity index (χ2n) is 6.53. The molecular weight excluding hydrogens is 366 g/mol. The van der Waals surface area contributed by atoms with Crippen molar-refractivity contribution in [1.82, 2.24) is 15.6 Å². The maximum absolute atomic E-state index is 12.1. The van der Waals surface area contributed by atoms with Crippen LogP contribution >= 0.6 is 0 Å². The lowest BCUT2D eigenvalue weighted by Gasteiger charge is -2.26. The molecule has 1 fully saturated rings. The van der Waals surface area contributed by atoms with Gasteiger partial charge in [0.2, 0.25) is 5.91 Å². The zero-order valence-corrected chi connectivity index (χ0v) is 16.1. The summed E-state index contributed by atoms with van der Waals surface area (Å²) < 4.78 is 5.27. The van der Waals surface area contributed by atoms with Gasteiger partial charge in [-0.25, -0.2) is 5.43 Å². The summed E-state index contributed by atoms with van der Waals surface area (Å²) in [5.41, 5.74) is 3.22. The van der Waals surface area contributed by atoms with Crippen molar-refractivity contribution in [2.75, 3.05) is 39.4 Å². The van der Waals surface area contributed by atoms with Gasteiger partial charge in [0.05, 0.1) is 24.6 Å². The van der Waals surface area contributed by atoms with Crippen molar-refractivity contribution >= 4 is 23.2 Å². The molecule has 1 saturated heterocycles. The molecule has 1 aromatic carbocycles. The van der Waals surface area contributed by atoms with Crippen molar-refractivity contribution in [2.24, 2.45) is 5.10 Å². The van der Waals surface area contributed by atoms with E-state index in [1.54, 1.807) is 13.8 Å². The van der Waals surface area contributed by atoms with Crippen molar-refractivity contribution in [2.45, 2.75) is 20.3 Å². The van der Waals surface area contributed by atoms with E-state index < -0.39 is 10.8 Å². The van der Waals surface area contributed by atoms with E-state index in [0.29, 0.717) is 31.0 Å². The minimum Gasteiger partial charge on any atom is -0.379 e. The van der Waals surface area contributed by atoms with Gasteiger partial charge in [0, 0.05) is 49.1 Å². The van der Waals surface area contributed by atoms with Crippen LogP contribution in [0, 0.1) is 17.0 Å². The van der Waals surface area contributed by atoms with Crippen molar-refractivity contribution in [3.63, 3.8) is 0 Å². The molecule has 2 amide bonds. The fraction of sp³-hybridized carbons (Fsp3) is 0.500. The molecule has 0 saturated carbocycles. The monoisotopic (exact) mass is 391 g/mol. The molecule has 0 bridgehead atoms. The Labute approximate surface area is 163 Å². The number of aryl methyl sites for hydroxylation is 1. The van der Waals surface area contributed by atoms with Gasteiger partial charge in [0.1, 0.15) is 0 Å². The summed E-state index contributed by atoms with van der Waals surface area (Å²) in [6.45, 7) is 7.66. The number of amides is 2. The summed E-state index contributed by atoms with van der Waals surface area (Å²) in [5, 5.41) is 17.7. The van der Waals surface area contributed by atoms with E-state index in [2.05, 4.69) is 20.7 Å². The van der Waals surface area contributed by atoms with Crippen LogP contribution in [0.4, 0.5) is 5.69 Å². The van der Waals surface area contributed by atoms with Gasteiger partial charge in [0.15, 0.2) is 0 Å². The third kappa shape index (κ3) is 6.71. The fourth-order valence-corrected chi connectivity index (χ4v) is 2.67. The van der Waals surface area contributed by atoms with E-state index in [4.69, 9.17) is 4.74 Å².